The van der Waals surface area contributed by atoms with Crippen LogP contribution in [-0.4, -0.2) is 75.0 Å². The highest BCUT2D eigenvalue weighted by atomic mass is 16.5. The van der Waals surface area contributed by atoms with E-state index in [-0.39, 0.29) is 26.1 Å². The summed E-state index contributed by atoms with van der Waals surface area (Å²) in [4.78, 5) is 22.9. The third-order valence-electron chi connectivity index (χ3n) is 4.98. The average molecular weight is 435 g/mol. The molecule has 0 spiro atoms. The second kappa shape index (κ2) is 19.7. The summed E-state index contributed by atoms with van der Waals surface area (Å²) in [5.74, 6) is -1.85. The van der Waals surface area contributed by atoms with E-state index < -0.39 is 17.4 Å². The van der Waals surface area contributed by atoms with Gasteiger partial charge in [0, 0.05) is 32.8 Å². The van der Waals surface area contributed by atoms with Crippen LogP contribution in [0.5, 0.6) is 0 Å². The van der Waals surface area contributed by atoms with E-state index in [4.69, 9.17) is 24.1 Å². The van der Waals surface area contributed by atoms with Gasteiger partial charge in [-0.05, 0) is 38.5 Å². The van der Waals surface area contributed by atoms with E-state index in [9.17, 15) is 14.7 Å². The van der Waals surface area contributed by atoms with Crippen LogP contribution >= 0.6 is 0 Å². The van der Waals surface area contributed by atoms with E-state index in [0.29, 0.717) is 58.9 Å². The summed E-state index contributed by atoms with van der Waals surface area (Å²) in [6, 6.07) is 0. The molecule has 0 radical (unpaired) electrons. The standard InChI is InChI=1S/C22H42O8/c1-3-5-12-27-16-18-29-14-10-22(21(25)26,9-7-8-20(23)24)11-15-30-19-17-28-13-6-4-2/h3-19H2,1-2H3,(H,23,24)(H,25,26). The molecule has 0 atom stereocenters. The number of carboxylic acids is 2. The highest BCUT2D eigenvalue weighted by molar-refractivity contribution is 5.74. The topological polar surface area (TPSA) is 112 Å². The molecule has 0 fully saturated rings. The monoisotopic (exact) mass is 434 g/mol. The van der Waals surface area contributed by atoms with Crippen LogP contribution < -0.4 is 0 Å². The molecule has 2 N–H and O–H groups in total. The van der Waals surface area contributed by atoms with E-state index in [0.717, 1.165) is 25.7 Å². The van der Waals surface area contributed by atoms with Gasteiger partial charge in [-0.1, -0.05) is 26.7 Å². The fourth-order valence-electron chi connectivity index (χ4n) is 2.95. The number of hydrogen-bond donors (Lipinski definition) is 2. The first kappa shape index (κ1) is 28.8. The van der Waals surface area contributed by atoms with Gasteiger partial charge < -0.3 is 29.2 Å². The molecule has 8 nitrogen and oxygen atoms in total. The molecule has 0 aliphatic heterocycles. The first-order valence-corrected chi connectivity index (χ1v) is 11.2. The highest BCUT2D eigenvalue weighted by Crippen LogP contribution is 2.33. The zero-order valence-corrected chi connectivity index (χ0v) is 18.9. The molecule has 0 saturated carbocycles. The lowest BCUT2D eigenvalue weighted by Gasteiger charge is -2.29. The van der Waals surface area contributed by atoms with Gasteiger partial charge in [0.15, 0.2) is 0 Å². The second-order valence-corrected chi connectivity index (χ2v) is 7.49. The summed E-state index contributed by atoms with van der Waals surface area (Å²) in [5, 5.41) is 18.8. The minimum atomic E-state index is -1.05. The molecule has 0 unspecified atom stereocenters. The van der Waals surface area contributed by atoms with Crippen LogP contribution in [0, 0.1) is 5.41 Å². The van der Waals surface area contributed by atoms with E-state index in [1.807, 2.05) is 0 Å². The van der Waals surface area contributed by atoms with Gasteiger partial charge in [0.2, 0.25) is 0 Å². The van der Waals surface area contributed by atoms with Gasteiger partial charge in [-0.3, -0.25) is 9.59 Å². The Balaban J connectivity index is 4.40. The van der Waals surface area contributed by atoms with E-state index in [1.165, 1.54) is 0 Å². The minimum absolute atomic E-state index is 0.0483. The Labute approximate surface area is 181 Å². The van der Waals surface area contributed by atoms with Crippen molar-refractivity contribution in [3.63, 3.8) is 0 Å². The molecule has 8 heteroatoms. The van der Waals surface area contributed by atoms with Crippen molar-refractivity contribution in [3.8, 4) is 0 Å². The Hall–Kier alpha value is -1.22. The van der Waals surface area contributed by atoms with Gasteiger partial charge in [-0.15, -0.1) is 0 Å². The Morgan fingerprint density at radius 2 is 1.07 bits per heavy atom. The smallest absolute Gasteiger partial charge is 0.309 e. The Kier molecular flexibility index (Phi) is 18.9. The van der Waals surface area contributed by atoms with Crippen molar-refractivity contribution < 1.29 is 38.7 Å². The number of hydrogen-bond acceptors (Lipinski definition) is 6. The molecule has 178 valence electrons. The largest absolute Gasteiger partial charge is 0.481 e. The molecular formula is C22H42O8. The maximum absolute atomic E-state index is 12.1. The summed E-state index contributed by atoms with van der Waals surface area (Å²) < 4.78 is 22.0. The van der Waals surface area contributed by atoms with Gasteiger partial charge in [-0.25, -0.2) is 0 Å². The van der Waals surface area contributed by atoms with Gasteiger partial charge >= 0.3 is 11.9 Å². The number of rotatable bonds is 23. The van der Waals surface area contributed by atoms with E-state index >= 15 is 0 Å². The molecule has 0 aliphatic carbocycles. The molecule has 0 bridgehead atoms. The van der Waals surface area contributed by atoms with Gasteiger partial charge in [0.1, 0.15) is 0 Å². The quantitative estimate of drug-likeness (QED) is 0.234. The van der Waals surface area contributed by atoms with Crippen LogP contribution in [0.1, 0.15) is 71.6 Å². The maximum atomic E-state index is 12.1. The van der Waals surface area contributed by atoms with Crippen molar-refractivity contribution in [2.45, 2.75) is 71.6 Å². The summed E-state index contributed by atoms with van der Waals surface area (Å²) >= 11 is 0. The van der Waals surface area contributed by atoms with Crippen LogP contribution in [0.25, 0.3) is 0 Å². The van der Waals surface area contributed by atoms with Crippen LogP contribution in [-0.2, 0) is 28.5 Å². The lowest BCUT2D eigenvalue weighted by molar-refractivity contribution is -0.153. The van der Waals surface area contributed by atoms with Crippen molar-refractivity contribution in [2.75, 3.05) is 52.9 Å². The van der Waals surface area contributed by atoms with Crippen LogP contribution in [0.2, 0.25) is 0 Å². The summed E-state index contributed by atoms with van der Waals surface area (Å²) in [6.07, 6.45) is 5.33. The third-order valence-corrected chi connectivity index (χ3v) is 4.98. The molecule has 0 rings (SSSR count). The first-order chi connectivity index (χ1) is 14.5. The third kappa shape index (κ3) is 15.6. The first-order valence-electron chi connectivity index (χ1n) is 11.2. The average Bonchev–Trinajstić information content (AvgIpc) is 2.71. The molecule has 0 amide bonds. The Bertz CT molecular complexity index is 407. The predicted molar refractivity (Wildman–Crippen MR) is 114 cm³/mol. The maximum Gasteiger partial charge on any atom is 0.309 e. The lowest BCUT2D eigenvalue weighted by atomic mass is 9.77. The second-order valence-electron chi connectivity index (χ2n) is 7.49. The molecule has 0 aromatic rings. The number of aliphatic carboxylic acids is 2. The molecule has 0 saturated heterocycles. The van der Waals surface area contributed by atoms with Crippen molar-refractivity contribution in [1.82, 2.24) is 0 Å². The highest BCUT2D eigenvalue weighted by Gasteiger charge is 2.37. The number of carboxylic acid groups (broad SMARTS) is 2. The Morgan fingerprint density at radius 3 is 1.43 bits per heavy atom. The molecule has 0 aromatic heterocycles. The summed E-state index contributed by atoms with van der Waals surface area (Å²) in [5.41, 5.74) is -1.05. The summed E-state index contributed by atoms with van der Waals surface area (Å²) in [6.45, 7) is 7.98. The number of unbranched alkanes of at least 4 members (excludes halogenated alkanes) is 2. The number of carbonyl (C=O) groups is 2. The zero-order valence-electron chi connectivity index (χ0n) is 18.9. The normalized spacial score (nSPS) is 11.7. The van der Waals surface area contributed by atoms with Crippen molar-refractivity contribution in [1.29, 1.82) is 0 Å². The van der Waals surface area contributed by atoms with Crippen molar-refractivity contribution in [2.24, 2.45) is 5.41 Å². The Morgan fingerprint density at radius 1 is 0.633 bits per heavy atom. The van der Waals surface area contributed by atoms with Crippen molar-refractivity contribution >= 4 is 11.9 Å². The minimum Gasteiger partial charge on any atom is -0.481 e. The van der Waals surface area contributed by atoms with Crippen LogP contribution in [0.4, 0.5) is 0 Å². The van der Waals surface area contributed by atoms with E-state index in [1.54, 1.807) is 0 Å². The molecule has 0 aliphatic rings. The van der Waals surface area contributed by atoms with Crippen LogP contribution in [0.15, 0.2) is 0 Å². The van der Waals surface area contributed by atoms with E-state index in [2.05, 4.69) is 13.8 Å². The van der Waals surface area contributed by atoms with Gasteiger partial charge in [0.05, 0.1) is 31.8 Å². The molecular weight excluding hydrogens is 392 g/mol. The molecule has 30 heavy (non-hydrogen) atoms. The predicted octanol–water partition coefficient (Wildman–Crippen LogP) is 3.76. The molecule has 0 aromatic carbocycles. The molecule has 0 heterocycles. The van der Waals surface area contributed by atoms with Crippen LogP contribution in [0.3, 0.4) is 0 Å². The van der Waals surface area contributed by atoms with Crippen molar-refractivity contribution in [3.05, 3.63) is 0 Å². The van der Waals surface area contributed by atoms with Gasteiger partial charge in [-0.2, -0.15) is 0 Å². The zero-order chi connectivity index (χ0) is 22.5. The fourth-order valence-corrected chi connectivity index (χ4v) is 2.95. The summed E-state index contributed by atoms with van der Waals surface area (Å²) in [7, 11) is 0. The number of ether oxygens (including phenoxy) is 4. The lowest BCUT2D eigenvalue weighted by Crippen LogP contribution is -2.34. The van der Waals surface area contributed by atoms with Gasteiger partial charge in [0.25, 0.3) is 0 Å². The fraction of sp³-hybridized carbons (Fsp3) is 0.909. The SMILES string of the molecule is CCCCOCCOCCC(CCCC(=O)O)(CCOCCOCCCC)C(=O)O.